The van der Waals surface area contributed by atoms with Gasteiger partial charge in [-0.05, 0) is 74.2 Å². The molecule has 1 saturated heterocycles. The second-order valence-electron chi connectivity index (χ2n) is 8.70. The third-order valence-corrected chi connectivity index (χ3v) is 8.17. The monoisotopic (exact) mass is 525 g/mol. The van der Waals surface area contributed by atoms with Crippen molar-refractivity contribution in [2.45, 2.75) is 31.1 Å². The van der Waals surface area contributed by atoms with Crippen LogP contribution in [0.2, 0.25) is 5.02 Å². The quantitative estimate of drug-likeness (QED) is 0.464. The smallest absolute Gasteiger partial charge is 0.264 e. The minimum absolute atomic E-state index is 0.0172. The first-order chi connectivity index (χ1) is 17.3. The molecule has 1 aliphatic rings. The van der Waals surface area contributed by atoms with Gasteiger partial charge in [0.25, 0.3) is 15.9 Å². The third kappa shape index (κ3) is 5.71. The number of anilines is 2. The second-order valence-corrected chi connectivity index (χ2v) is 11.0. The molecule has 188 valence electrons. The van der Waals surface area contributed by atoms with E-state index in [-0.39, 0.29) is 10.8 Å². The Morgan fingerprint density at radius 2 is 1.56 bits per heavy atom. The lowest BCUT2D eigenvalue weighted by molar-refractivity contribution is -0.114. The van der Waals surface area contributed by atoms with Gasteiger partial charge in [-0.1, -0.05) is 41.9 Å². The molecule has 2 amide bonds. The van der Waals surface area contributed by atoms with Gasteiger partial charge in [-0.2, -0.15) is 0 Å². The van der Waals surface area contributed by atoms with Gasteiger partial charge in [0, 0.05) is 18.1 Å². The molecule has 9 heteroatoms. The maximum Gasteiger partial charge on any atom is 0.264 e. The van der Waals surface area contributed by atoms with Crippen LogP contribution in [0.15, 0.2) is 77.7 Å². The van der Waals surface area contributed by atoms with E-state index in [9.17, 15) is 18.0 Å². The summed E-state index contributed by atoms with van der Waals surface area (Å²) in [5.74, 6) is -0.704. The second kappa shape index (κ2) is 11.1. The van der Waals surface area contributed by atoms with Crippen molar-refractivity contribution in [1.29, 1.82) is 0 Å². The summed E-state index contributed by atoms with van der Waals surface area (Å²) in [4.78, 5) is 28.2. The Hall–Kier alpha value is -3.36. The van der Waals surface area contributed by atoms with Crippen molar-refractivity contribution in [3.8, 4) is 0 Å². The zero-order valence-electron chi connectivity index (χ0n) is 20.0. The highest BCUT2D eigenvalue weighted by Gasteiger charge is 2.29. The molecule has 1 aliphatic heterocycles. The maximum atomic E-state index is 13.6. The van der Waals surface area contributed by atoms with Crippen LogP contribution in [-0.2, 0) is 14.8 Å². The van der Waals surface area contributed by atoms with Crippen molar-refractivity contribution >= 4 is 44.8 Å². The minimum atomic E-state index is -4.09. The van der Waals surface area contributed by atoms with Crippen LogP contribution in [0.25, 0.3) is 0 Å². The predicted molar refractivity (Wildman–Crippen MR) is 142 cm³/mol. The molecule has 0 atom stereocenters. The van der Waals surface area contributed by atoms with E-state index < -0.39 is 22.5 Å². The van der Waals surface area contributed by atoms with E-state index in [2.05, 4.69) is 5.32 Å². The normalized spacial score (nSPS) is 13.8. The molecule has 36 heavy (non-hydrogen) atoms. The first kappa shape index (κ1) is 25.7. The highest BCUT2D eigenvalue weighted by molar-refractivity contribution is 7.92. The Morgan fingerprint density at radius 1 is 0.917 bits per heavy atom. The minimum Gasteiger partial charge on any atom is -0.339 e. The number of likely N-dealkylation sites (tertiary alicyclic amines) is 1. The number of hydrogen-bond acceptors (Lipinski definition) is 4. The average Bonchev–Trinajstić information content (AvgIpc) is 2.88. The van der Waals surface area contributed by atoms with Crippen LogP contribution in [0, 0.1) is 6.92 Å². The maximum absolute atomic E-state index is 13.6. The van der Waals surface area contributed by atoms with E-state index in [1.165, 1.54) is 24.3 Å². The van der Waals surface area contributed by atoms with Crippen molar-refractivity contribution < 1.29 is 18.0 Å². The van der Waals surface area contributed by atoms with Crippen molar-refractivity contribution in [2.24, 2.45) is 0 Å². The van der Waals surface area contributed by atoms with Gasteiger partial charge in [-0.15, -0.1) is 0 Å². The van der Waals surface area contributed by atoms with Gasteiger partial charge < -0.3 is 10.2 Å². The van der Waals surface area contributed by atoms with Crippen LogP contribution >= 0.6 is 11.6 Å². The number of halogens is 1. The standard InChI is InChI=1S/C27H28ClN3O4S/c1-20-9-3-6-12-25(20)31(36(34,35)22-15-13-21(28)14-16-22)19-26(32)29-24-11-5-4-10-23(24)27(33)30-17-7-2-8-18-30/h3-6,9-16H,2,7-8,17-19H2,1H3,(H,29,32). The SMILES string of the molecule is Cc1ccccc1N(CC(=O)Nc1ccccc1C(=O)N1CCCCC1)S(=O)(=O)c1ccc(Cl)cc1. The molecule has 0 aliphatic carbocycles. The van der Waals surface area contributed by atoms with E-state index in [1.807, 2.05) is 0 Å². The van der Waals surface area contributed by atoms with Crippen molar-refractivity contribution in [3.63, 3.8) is 0 Å². The number of sulfonamides is 1. The van der Waals surface area contributed by atoms with Crippen LogP contribution in [-0.4, -0.2) is 44.8 Å². The van der Waals surface area contributed by atoms with E-state index in [4.69, 9.17) is 11.6 Å². The van der Waals surface area contributed by atoms with Gasteiger partial charge in [-0.25, -0.2) is 8.42 Å². The lowest BCUT2D eigenvalue weighted by Gasteiger charge is -2.28. The summed E-state index contributed by atoms with van der Waals surface area (Å²) in [5, 5.41) is 3.18. The van der Waals surface area contributed by atoms with Crippen LogP contribution in [0.5, 0.6) is 0 Å². The summed E-state index contributed by atoms with van der Waals surface area (Å²) >= 11 is 5.95. The molecule has 3 aromatic rings. The number of piperidine rings is 1. The number of rotatable bonds is 7. The summed E-state index contributed by atoms with van der Waals surface area (Å²) in [5.41, 5.74) is 1.83. The molecule has 0 radical (unpaired) electrons. The Morgan fingerprint density at radius 3 is 2.25 bits per heavy atom. The van der Waals surface area contributed by atoms with Gasteiger partial charge in [0.15, 0.2) is 0 Å². The van der Waals surface area contributed by atoms with Gasteiger partial charge in [0.05, 0.1) is 21.8 Å². The Kier molecular flexibility index (Phi) is 7.96. The average molecular weight is 526 g/mol. The number of amides is 2. The highest BCUT2D eigenvalue weighted by Crippen LogP contribution is 2.28. The Balaban J connectivity index is 1.62. The fourth-order valence-corrected chi connectivity index (χ4v) is 5.85. The molecule has 7 nitrogen and oxygen atoms in total. The molecule has 0 unspecified atom stereocenters. The molecule has 0 spiro atoms. The third-order valence-electron chi connectivity index (χ3n) is 6.15. The number of carbonyl (C=O) groups excluding carboxylic acids is 2. The topological polar surface area (TPSA) is 86.8 Å². The Labute approximate surface area is 216 Å². The number of hydrogen-bond donors (Lipinski definition) is 1. The molecule has 1 N–H and O–H groups in total. The molecule has 0 bridgehead atoms. The summed E-state index contributed by atoms with van der Waals surface area (Å²) < 4.78 is 28.3. The number of para-hydroxylation sites is 2. The van der Waals surface area contributed by atoms with E-state index in [1.54, 1.807) is 60.4 Å². The van der Waals surface area contributed by atoms with Crippen molar-refractivity contribution in [1.82, 2.24) is 4.90 Å². The fraction of sp³-hybridized carbons (Fsp3) is 0.259. The van der Waals surface area contributed by atoms with Crippen LogP contribution in [0.4, 0.5) is 11.4 Å². The lowest BCUT2D eigenvalue weighted by atomic mass is 10.1. The lowest BCUT2D eigenvalue weighted by Crippen LogP contribution is -2.39. The van der Waals surface area contributed by atoms with Crippen molar-refractivity contribution in [2.75, 3.05) is 29.3 Å². The Bertz CT molecular complexity index is 1350. The number of aryl methyl sites for hydroxylation is 1. The first-order valence-corrected chi connectivity index (χ1v) is 13.6. The predicted octanol–water partition coefficient (Wildman–Crippen LogP) is 5.11. The number of nitrogens with one attached hydrogen (secondary N) is 1. The zero-order chi connectivity index (χ0) is 25.7. The van der Waals surface area contributed by atoms with Crippen LogP contribution in [0.3, 0.4) is 0 Å². The molecular weight excluding hydrogens is 498 g/mol. The number of nitrogens with zero attached hydrogens (tertiary/aromatic N) is 2. The van der Waals surface area contributed by atoms with Gasteiger partial charge >= 0.3 is 0 Å². The molecular formula is C27H28ClN3O4S. The first-order valence-electron chi connectivity index (χ1n) is 11.8. The van der Waals surface area contributed by atoms with Gasteiger partial charge in [-0.3, -0.25) is 13.9 Å². The fourth-order valence-electron chi connectivity index (χ4n) is 4.24. The highest BCUT2D eigenvalue weighted by atomic mass is 35.5. The van der Waals surface area contributed by atoms with Gasteiger partial charge in [0.2, 0.25) is 5.91 Å². The summed E-state index contributed by atoms with van der Waals surface area (Å²) in [6.45, 7) is 2.68. The molecule has 4 rings (SSSR count). The van der Waals surface area contributed by atoms with E-state index >= 15 is 0 Å². The molecule has 1 heterocycles. The molecule has 3 aromatic carbocycles. The van der Waals surface area contributed by atoms with Crippen LogP contribution < -0.4 is 9.62 Å². The zero-order valence-corrected chi connectivity index (χ0v) is 21.6. The van der Waals surface area contributed by atoms with E-state index in [0.29, 0.717) is 40.6 Å². The van der Waals surface area contributed by atoms with Gasteiger partial charge in [0.1, 0.15) is 6.54 Å². The summed E-state index contributed by atoms with van der Waals surface area (Å²) in [6, 6.07) is 19.6. The van der Waals surface area contributed by atoms with Crippen molar-refractivity contribution in [3.05, 3.63) is 88.9 Å². The molecule has 1 fully saturated rings. The largest absolute Gasteiger partial charge is 0.339 e. The number of carbonyl (C=O) groups is 2. The summed E-state index contributed by atoms with van der Waals surface area (Å²) in [7, 11) is -4.09. The number of benzene rings is 3. The molecule has 0 aromatic heterocycles. The van der Waals surface area contributed by atoms with Crippen LogP contribution in [0.1, 0.15) is 35.2 Å². The van der Waals surface area contributed by atoms with E-state index in [0.717, 1.165) is 23.6 Å². The molecule has 0 saturated carbocycles. The summed E-state index contributed by atoms with van der Waals surface area (Å²) in [6.07, 6.45) is 3.00.